The summed E-state index contributed by atoms with van der Waals surface area (Å²) in [5.74, 6) is 0.497. The molecule has 0 aliphatic rings. The van der Waals surface area contributed by atoms with Gasteiger partial charge in [-0.25, -0.2) is 17.5 Å². The molecule has 0 amide bonds. The summed E-state index contributed by atoms with van der Waals surface area (Å²) in [6.45, 7) is 0.685. The summed E-state index contributed by atoms with van der Waals surface area (Å²) in [7, 11) is -3.57. The van der Waals surface area contributed by atoms with E-state index in [1.807, 2.05) is 34.9 Å². The number of rotatable bonds is 9. The molecule has 1 N–H and O–H groups in total. The topological polar surface area (TPSA) is 76.9 Å². The first-order chi connectivity index (χ1) is 15.5. The van der Waals surface area contributed by atoms with Crippen molar-refractivity contribution < 1.29 is 12.8 Å². The number of nitrogens with zero attached hydrogens (tertiary/aromatic N) is 3. The lowest BCUT2D eigenvalue weighted by Gasteiger charge is -2.11. The molecule has 1 aromatic heterocycles. The highest BCUT2D eigenvalue weighted by Gasteiger charge is 2.18. The second kappa shape index (κ2) is 10.1. The molecule has 0 unspecified atom stereocenters. The summed E-state index contributed by atoms with van der Waals surface area (Å²) >= 11 is 1.36. The Morgan fingerprint density at radius 3 is 2.25 bits per heavy atom. The van der Waals surface area contributed by atoms with Crippen LogP contribution in [-0.4, -0.2) is 35.5 Å². The first-order valence-corrected chi connectivity index (χ1v) is 12.4. The third-order valence-electron chi connectivity index (χ3n) is 4.69. The molecular formula is C23H21FN4O2S2. The van der Waals surface area contributed by atoms with E-state index in [9.17, 15) is 12.8 Å². The monoisotopic (exact) mass is 468 g/mol. The average molecular weight is 469 g/mol. The number of benzene rings is 3. The molecular weight excluding hydrogens is 447 g/mol. The fourth-order valence-electron chi connectivity index (χ4n) is 3.15. The van der Waals surface area contributed by atoms with Crippen molar-refractivity contribution >= 4 is 21.8 Å². The highest BCUT2D eigenvalue weighted by Crippen LogP contribution is 2.27. The molecule has 0 bridgehead atoms. The summed E-state index contributed by atoms with van der Waals surface area (Å²) < 4.78 is 43.7. The van der Waals surface area contributed by atoms with Gasteiger partial charge in [-0.2, -0.15) is 0 Å². The minimum Gasteiger partial charge on any atom is -0.297 e. The molecule has 4 rings (SSSR count). The van der Waals surface area contributed by atoms with Crippen molar-refractivity contribution in [3.63, 3.8) is 0 Å². The van der Waals surface area contributed by atoms with E-state index in [1.165, 1.54) is 17.8 Å². The fraction of sp³-hybridized carbons (Fsp3) is 0.130. The van der Waals surface area contributed by atoms with Gasteiger partial charge >= 0.3 is 0 Å². The van der Waals surface area contributed by atoms with E-state index >= 15 is 0 Å². The highest BCUT2D eigenvalue weighted by molar-refractivity contribution is 7.99. The molecule has 3 aromatic carbocycles. The number of nitrogens with one attached hydrogen (secondary N) is 1. The summed E-state index contributed by atoms with van der Waals surface area (Å²) in [5.41, 5.74) is 1.39. The molecule has 6 nitrogen and oxygen atoms in total. The zero-order valence-corrected chi connectivity index (χ0v) is 18.7. The van der Waals surface area contributed by atoms with Gasteiger partial charge in [0.15, 0.2) is 11.0 Å². The summed E-state index contributed by atoms with van der Waals surface area (Å²) in [4.78, 5) is 0.221. The van der Waals surface area contributed by atoms with Gasteiger partial charge < -0.3 is 0 Å². The number of hydrogen-bond donors (Lipinski definition) is 1. The van der Waals surface area contributed by atoms with Crippen LogP contribution in [0.15, 0.2) is 95.0 Å². The lowest BCUT2D eigenvalue weighted by molar-refractivity contribution is 0.584. The molecule has 0 radical (unpaired) electrons. The van der Waals surface area contributed by atoms with Crippen LogP contribution < -0.4 is 4.72 Å². The van der Waals surface area contributed by atoms with Crippen LogP contribution in [0.2, 0.25) is 0 Å². The van der Waals surface area contributed by atoms with E-state index in [0.717, 1.165) is 5.56 Å². The van der Waals surface area contributed by atoms with Crippen molar-refractivity contribution in [1.29, 1.82) is 0 Å². The maximum atomic E-state index is 14.4. The van der Waals surface area contributed by atoms with E-state index in [4.69, 9.17) is 0 Å². The van der Waals surface area contributed by atoms with Crippen molar-refractivity contribution in [2.45, 2.75) is 16.6 Å². The summed E-state index contributed by atoms with van der Waals surface area (Å²) in [6.07, 6.45) is 0. The van der Waals surface area contributed by atoms with Gasteiger partial charge in [-0.15, -0.1) is 10.2 Å². The van der Waals surface area contributed by atoms with Crippen molar-refractivity contribution in [2.24, 2.45) is 0 Å². The summed E-state index contributed by atoms with van der Waals surface area (Å²) in [5, 5.41) is 9.07. The minimum atomic E-state index is -3.57. The Kier molecular flexibility index (Phi) is 6.99. The second-order valence-corrected chi connectivity index (χ2v) is 9.75. The highest BCUT2D eigenvalue weighted by atomic mass is 32.2. The molecule has 4 aromatic rings. The number of aromatic nitrogens is 3. The number of thioether (sulfide) groups is 1. The molecule has 0 aliphatic carbocycles. The van der Waals surface area contributed by atoms with Gasteiger partial charge in [0.05, 0.1) is 17.0 Å². The maximum Gasteiger partial charge on any atom is 0.240 e. The lowest BCUT2D eigenvalue weighted by Crippen LogP contribution is -2.26. The zero-order chi connectivity index (χ0) is 22.4. The van der Waals surface area contributed by atoms with Crippen LogP contribution in [-0.2, 0) is 16.6 Å². The van der Waals surface area contributed by atoms with Crippen LogP contribution in [0.25, 0.3) is 11.4 Å². The molecule has 0 fully saturated rings. The molecule has 0 saturated heterocycles. The SMILES string of the molecule is O=S(=O)(NCCSc1nnc(-c2ccccc2F)n1Cc1ccccc1)c1ccccc1. The maximum absolute atomic E-state index is 14.4. The number of hydrogen-bond acceptors (Lipinski definition) is 5. The first-order valence-electron chi connectivity index (χ1n) is 9.94. The number of sulfonamides is 1. The van der Waals surface area contributed by atoms with Gasteiger partial charge in [-0.1, -0.05) is 72.4 Å². The van der Waals surface area contributed by atoms with Gasteiger partial charge in [0.2, 0.25) is 10.0 Å². The molecule has 1 heterocycles. The second-order valence-electron chi connectivity index (χ2n) is 6.92. The largest absolute Gasteiger partial charge is 0.297 e. The molecule has 164 valence electrons. The van der Waals surface area contributed by atoms with Crippen molar-refractivity contribution in [3.05, 3.63) is 96.3 Å². The zero-order valence-electron chi connectivity index (χ0n) is 17.1. The van der Waals surface area contributed by atoms with Gasteiger partial charge in [0.25, 0.3) is 0 Å². The molecule has 32 heavy (non-hydrogen) atoms. The lowest BCUT2D eigenvalue weighted by atomic mass is 10.2. The van der Waals surface area contributed by atoms with Crippen molar-refractivity contribution in [3.8, 4) is 11.4 Å². The average Bonchev–Trinajstić information content (AvgIpc) is 3.20. The van der Waals surface area contributed by atoms with E-state index < -0.39 is 10.0 Å². The van der Waals surface area contributed by atoms with Crippen LogP contribution in [0.5, 0.6) is 0 Å². The van der Waals surface area contributed by atoms with E-state index in [1.54, 1.807) is 48.5 Å². The number of halogens is 1. The van der Waals surface area contributed by atoms with E-state index in [2.05, 4.69) is 14.9 Å². The Morgan fingerprint density at radius 2 is 1.53 bits per heavy atom. The van der Waals surface area contributed by atoms with E-state index in [0.29, 0.717) is 28.8 Å². The standard InChI is InChI=1S/C23H21FN4O2S2/c24-21-14-8-7-13-20(21)22-26-27-23(28(22)17-18-9-3-1-4-10-18)31-16-15-25-32(29,30)19-11-5-2-6-12-19/h1-14,25H,15-17H2. The van der Waals surface area contributed by atoms with Crippen LogP contribution in [0.3, 0.4) is 0 Å². The minimum absolute atomic E-state index is 0.217. The van der Waals surface area contributed by atoms with Crippen LogP contribution in [0.1, 0.15) is 5.56 Å². The third-order valence-corrected chi connectivity index (χ3v) is 7.14. The van der Waals surface area contributed by atoms with Crippen LogP contribution in [0.4, 0.5) is 4.39 Å². The van der Waals surface area contributed by atoms with Gasteiger partial charge in [-0.05, 0) is 29.8 Å². The van der Waals surface area contributed by atoms with Gasteiger partial charge in [0.1, 0.15) is 5.82 Å². The normalized spacial score (nSPS) is 11.5. The molecule has 0 saturated carbocycles. The van der Waals surface area contributed by atoms with Crippen LogP contribution >= 0.6 is 11.8 Å². The predicted molar refractivity (Wildman–Crippen MR) is 123 cm³/mol. The quantitative estimate of drug-likeness (QED) is 0.294. The Bertz CT molecular complexity index is 1280. The predicted octanol–water partition coefficient (Wildman–Crippen LogP) is 4.20. The molecule has 0 spiro atoms. The molecule has 9 heteroatoms. The van der Waals surface area contributed by atoms with Gasteiger partial charge in [0, 0.05) is 12.3 Å². The Balaban J connectivity index is 1.51. The Labute approximate surface area is 190 Å². The van der Waals surface area contributed by atoms with Crippen LogP contribution in [0, 0.1) is 5.82 Å². The van der Waals surface area contributed by atoms with Gasteiger partial charge in [-0.3, -0.25) is 4.57 Å². The van der Waals surface area contributed by atoms with Crippen molar-refractivity contribution in [2.75, 3.05) is 12.3 Å². The Hall–Kier alpha value is -3.01. The first kappa shape index (κ1) is 22.2. The Morgan fingerprint density at radius 1 is 0.875 bits per heavy atom. The van der Waals surface area contributed by atoms with E-state index in [-0.39, 0.29) is 17.3 Å². The van der Waals surface area contributed by atoms with Crippen molar-refractivity contribution in [1.82, 2.24) is 19.5 Å². The molecule has 0 atom stereocenters. The summed E-state index contributed by atoms with van der Waals surface area (Å²) in [6, 6.07) is 24.4. The fourth-order valence-corrected chi connectivity index (χ4v) is 5.12. The molecule has 0 aliphatic heterocycles. The smallest absolute Gasteiger partial charge is 0.240 e. The third kappa shape index (κ3) is 5.24.